The van der Waals surface area contributed by atoms with Crippen molar-refractivity contribution in [2.45, 2.75) is 25.4 Å². The van der Waals surface area contributed by atoms with Crippen LogP contribution in [0.3, 0.4) is 0 Å². The number of halogens is 2. The standard InChI is InChI=1S/C15H15Cl2NO2S/c1-2-5-15(20)7-18(8-15)14(19)13-12(17)10-4-3-9(16)6-11(10)21-13/h3-4,6,20H,2,5,7-8H2,1H3. The Morgan fingerprint density at radius 1 is 1.43 bits per heavy atom. The summed E-state index contributed by atoms with van der Waals surface area (Å²) in [5.74, 6) is -0.113. The third-order valence-corrected chi connectivity index (χ3v) is 5.64. The lowest BCUT2D eigenvalue weighted by molar-refractivity contribution is -0.0858. The molecule has 0 atom stereocenters. The minimum atomic E-state index is -0.725. The van der Waals surface area contributed by atoms with Crippen LogP contribution < -0.4 is 0 Å². The van der Waals surface area contributed by atoms with Crippen molar-refractivity contribution < 1.29 is 9.90 Å². The molecule has 0 saturated carbocycles. The van der Waals surface area contributed by atoms with Crippen LogP contribution in [0.1, 0.15) is 29.4 Å². The molecular weight excluding hydrogens is 329 g/mol. The highest BCUT2D eigenvalue weighted by Gasteiger charge is 2.43. The maximum atomic E-state index is 12.5. The monoisotopic (exact) mass is 343 g/mol. The van der Waals surface area contributed by atoms with Crippen molar-refractivity contribution in [2.24, 2.45) is 0 Å². The zero-order valence-corrected chi connectivity index (χ0v) is 13.9. The zero-order valence-electron chi connectivity index (χ0n) is 11.5. The van der Waals surface area contributed by atoms with Gasteiger partial charge in [0.1, 0.15) is 4.88 Å². The van der Waals surface area contributed by atoms with Gasteiger partial charge in [-0.05, 0) is 18.6 Å². The van der Waals surface area contributed by atoms with Crippen molar-refractivity contribution in [1.82, 2.24) is 4.90 Å². The van der Waals surface area contributed by atoms with Crippen molar-refractivity contribution in [2.75, 3.05) is 13.1 Å². The van der Waals surface area contributed by atoms with E-state index in [2.05, 4.69) is 0 Å². The molecule has 1 aliphatic heterocycles. The fourth-order valence-corrected chi connectivity index (χ4v) is 4.51. The van der Waals surface area contributed by atoms with Gasteiger partial charge in [-0.25, -0.2) is 0 Å². The Kier molecular flexibility index (Phi) is 3.91. The van der Waals surface area contributed by atoms with E-state index in [1.54, 1.807) is 11.0 Å². The van der Waals surface area contributed by atoms with Crippen molar-refractivity contribution in [3.05, 3.63) is 33.1 Å². The van der Waals surface area contributed by atoms with Gasteiger partial charge in [0.05, 0.1) is 23.7 Å². The lowest BCUT2D eigenvalue weighted by Gasteiger charge is -2.46. The van der Waals surface area contributed by atoms with E-state index in [0.29, 0.717) is 34.4 Å². The van der Waals surface area contributed by atoms with Gasteiger partial charge in [0.25, 0.3) is 5.91 Å². The van der Waals surface area contributed by atoms with Crippen molar-refractivity contribution in [3.63, 3.8) is 0 Å². The quantitative estimate of drug-likeness (QED) is 0.907. The second-order valence-corrected chi connectivity index (χ2v) is 7.39. The zero-order chi connectivity index (χ0) is 15.2. The molecule has 112 valence electrons. The number of hydrogen-bond acceptors (Lipinski definition) is 3. The summed E-state index contributed by atoms with van der Waals surface area (Å²) in [6.07, 6.45) is 1.62. The van der Waals surface area contributed by atoms with E-state index in [0.717, 1.165) is 16.5 Å². The molecule has 3 nitrogen and oxygen atoms in total. The van der Waals surface area contributed by atoms with Crippen LogP contribution in [-0.2, 0) is 0 Å². The minimum Gasteiger partial charge on any atom is -0.386 e. The topological polar surface area (TPSA) is 40.5 Å². The molecule has 1 N–H and O–H groups in total. The third-order valence-electron chi connectivity index (χ3n) is 3.76. The number of thiophene rings is 1. The highest BCUT2D eigenvalue weighted by atomic mass is 35.5. The third kappa shape index (κ3) is 2.66. The van der Waals surface area contributed by atoms with E-state index < -0.39 is 5.60 Å². The van der Waals surface area contributed by atoms with Crippen molar-refractivity contribution >= 4 is 50.5 Å². The normalized spacial score (nSPS) is 17.0. The number of amides is 1. The van der Waals surface area contributed by atoms with Crippen LogP contribution in [-0.4, -0.2) is 34.6 Å². The van der Waals surface area contributed by atoms with Crippen LogP contribution in [0.5, 0.6) is 0 Å². The first kappa shape index (κ1) is 15.1. The van der Waals surface area contributed by atoms with E-state index in [9.17, 15) is 9.90 Å². The van der Waals surface area contributed by atoms with Crippen LogP contribution >= 0.6 is 34.5 Å². The number of aliphatic hydroxyl groups is 1. The molecular formula is C15H15Cl2NO2S. The number of nitrogens with zero attached hydrogens (tertiary/aromatic N) is 1. The second kappa shape index (κ2) is 5.43. The number of benzene rings is 1. The minimum absolute atomic E-state index is 0.113. The number of carbonyl (C=O) groups excluding carboxylic acids is 1. The molecule has 0 bridgehead atoms. The molecule has 1 amide bonds. The highest BCUT2D eigenvalue weighted by Crippen LogP contribution is 2.38. The van der Waals surface area contributed by atoms with Gasteiger partial charge in [-0.3, -0.25) is 4.79 Å². The Labute approximate surface area is 137 Å². The summed E-state index contributed by atoms with van der Waals surface area (Å²) in [5.41, 5.74) is -0.725. The summed E-state index contributed by atoms with van der Waals surface area (Å²) >= 11 is 13.6. The summed E-state index contributed by atoms with van der Waals surface area (Å²) < 4.78 is 0.903. The fraction of sp³-hybridized carbons (Fsp3) is 0.400. The van der Waals surface area contributed by atoms with Crippen LogP contribution in [0, 0.1) is 0 Å². The Hall–Kier alpha value is -0.810. The molecule has 2 aromatic rings. The average molecular weight is 344 g/mol. The van der Waals surface area contributed by atoms with E-state index >= 15 is 0 Å². The van der Waals surface area contributed by atoms with Gasteiger partial charge in [0, 0.05) is 15.1 Å². The maximum Gasteiger partial charge on any atom is 0.265 e. The predicted octanol–water partition coefficient (Wildman–Crippen LogP) is 4.20. The molecule has 1 fully saturated rings. The fourth-order valence-electron chi connectivity index (χ4n) is 2.75. The van der Waals surface area contributed by atoms with Gasteiger partial charge >= 0.3 is 0 Å². The van der Waals surface area contributed by atoms with Crippen molar-refractivity contribution in [3.8, 4) is 0 Å². The number of β-amino-alcohol motifs (C(OH)–C–C–N with tert-alkyl or cyclic N) is 1. The van der Waals surface area contributed by atoms with Crippen LogP contribution in [0.4, 0.5) is 0 Å². The Morgan fingerprint density at radius 3 is 2.81 bits per heavy atom. The summed E-state index contributed by atoms with van der Waals surface area (Å²) in [5, 5.41) is 12.1. The first-order valence-electron chi connectivity index (χ1n) is 6.83. The molecule has 21 heavy (non-hydrogen) atoms. The molecule has 1 saturated heterocycles. The van der Waals surface area contributed by atoms with Crippen LogP contribution in [0.2, 0.25) is 10.0 Å². The Bertz CT molecular complexity index is 707. The number of fused-ring (bicyclic) bond motifs is 1. The van der Waals surface area contributed by atoms with Crippen molar-refractivity contribution in [1.29, 1.82) is 0 Å². The molecule has 0 aliphatic carbocycles. The Balaban J connectivity index is 1.85. The van der Waals surface area contributed by atoms with Crippen LogP contribution in [0.15, 0.2) is 18.2 Å². The number of hydrogen-bond donors (Lipinski definition) is 1. The molecule has 2 heterocycles. The number of likely N-dealkylation sites (tertiary alicyclic amines) is 1. The van der Waals surface area contributed by atoms with Gasteiger partial charge in [0.15, 0.2) is 0 Å². The molecule has 1 aromatic heterocycles. The van der Waals surface area contributed by atoms with Gasteiger partial charge in [-0.2, -0.15) is 0 Å². The van der Waals surface area contributed by atoms with E-state index in [1.807, 2.05) is 19.1 Å². The largest absolute Gasteiger partial charge is 0.386 e. The summed E-state index contributed by atoms with van der Waals surface area (Å²) in [4.78, 5) is 14.7. The maximum absolute atomic E-state index is 12.5. The molecule has 6 heteroatoms. The molecule has 1 aromatic carbocycles. The first-order valence-corrected chi connectivity index (χ1v) is 8.40. The van der Waals surface area contributed by atoms with E-state index in [4.69, 9.17) is 23.2 Å². The Morgan fingerprint density at radius 2 is 2.14 bits per heavy atom. The van der Waals surface area contributed by atoms with Gasteiger partial charge in [-0.1, -0.05) is 42.6 Å². The lowest BCUT2D eigenvalue weighted by atomic mass is 9.89. The molecule has 0 spiro atoms. The van der Waals surface area contributed by atoms with E-state index in [1.165, 1.54) is 11.3 Å². The van der Waals surface area contributed by atoms with E-state index in [-0.39, 0.29) is 5.91 Å². The number of rotatable bonds is 3. The lowest BCUT2D eigenvalue weighted by Crippen LogP contribution is -2.63. The SMILES string of the molecule is CCCC1(O)CN(C(=O)c2sc3cc(Cl)ccc3c2Cl)C1. The first-order chi connectivity index (χ1) is 9.93. The smallest absolute Gasteiger partial charge is 0.265 e. The molecule has 0 unspecified atom stereocenters. The summed E-state index contributed by atoms with van der Waals surface area (Å²) in [6, 6.07) is 5.41. The second-order valence-electron chi connectivity index (χ2n) is 5.52. The van der Waals surface area contributed by atoms with Gasteiger partial charge < -0.3 is 10.0 Å². The average Bonchev–Trinajstić information content (AvgIpc) is 2.72. The number of carbonyl (C=O) groups is 1. The summed E-state index contributed by atoms with van der Waals surface area (Å²) in [7, 11) is 0. The van der Waals surface area contributed by atoms with Crippen LogP contribution in [0.25, 0.3) is 10.1 Å². The molecule has 1 aliphatic rings. The molecule has 0 radical (unpaired) electrons. The predicted molar refractivity (Wildman–Crippen MR) is 87.6 cm³/mol. The highest BCUT2D eigenvalue weighted by molar-refractivity contribution is 7.21. The molecule has 3 rings (SSSR count). The summed E-state index contributed by atoms with van der Waals surface area (Å²) in [6.45, 7) is 2.78. The van der Waals surface area contributed by atoms with Gasteiger partial charge in [0.2, 0.25) is 0 Å². The van der Waals surface area contributed by atoms with Gasteiger partial charge in [-0.15, -0.1) is 11.3 Å².